The van der Waals surface area contributed by atoms with E-state index in [2.05, 4.69) is 15.4 Å². The molecule has 0 aromatic rings. The molecule has 2 aliphatic rings. The van der Waals surface area contributed by atoms with Crippen molar-refractivity contribution in [2.75, 3.05) is 7.11 Å². The molecule has 30 heavy (non-hydrogen) atoms. The van der Waals surface area contributed by atoms with Gasteiger partial charge in [0.25, 0.3) is 0 Å². The van der Waals surface area contributed by atoms with Crippen LogP contribution in [-0.2, 0) is 33.3 Å². The molecule has 0 aromatic heterocycles. The lowest BCUT2D eigenvalue weighted by atomic mass is 9.93. The van der Waals surface area contributed by atoms with Crippen molar-refractivity contribution < 1.29 is 48.7 Å². The monoisotopic (exact) mass is 435 g/mol. The van der Waals surface area contributed by atoms with Crippen molar-refractivity contribution in [3.63, 3.8) is 0 Å². The third kappa shape index (κ3) is 5.24. The molecule has 2 heterocycles. The number of hydrogen-bond acceptors (Lipinski definition) is 11. The second-order valence-corrected chi connectivity index (χ2v) is 7.29. The Balaban J connectivity index is 2.35. The standard InChI is InChI=1S/C17H29N3O10/c1-5-8(18)13(10(15(25)28-5)20-7(3)22)29-17-9(19-6(2)21)11(23)12(24)14(30-17)16(26)27-4/h5,8-15,17,23-25H,18H2,1-4H3,(H,19,21)(H,20,22)/t5-,8-,9-,10-,11-,12-,13+,14+,15+,17+/m1/s1. The van der Waals surface area contributed by atoms with Crippen molar-refractivity contribution in [3.8, 4) is 0 Å². The van der Waals surface area contributed by atoms with E-state index in [-0.39, 0.29) is 0 Å². The molecule has 13 nitrogen and oxygen atoms in total. The first kappa shape index (κ1) is 24.4. The molecule has 13 heteroatoms. The summed E-state index contributed by atoms with van der Waals surface area (Å²) in [5.41, 5.74) is 6.14. The second kappa shape index (κ2) is 9.96. The fourth-order valence-electron chi connectivity index (χ4n) is 3.46. The lowest BCUT2D eigenvalue weighted by Gasteiger charge is -2.47. The first-order chi connectivity index (χ1) is 14.0. The average molecular weight is 435 g/mol. The van der Waals surface area contributed by atoms with Gasteiger partial charge in [0, 0.05) is 13.8 Å². The van der Waals surface area contributed by atoms with E-state index in [4.69, 9.17) is 19.9 Å². The molecule has 2 amide bonds. The van der Waals surface area contributed by atoms with E-state index in [0.717, 1.165) is 7.11 Å². The van der Waals surface area contributed by atoms with Crippen molar-refractivity contribution in [1.29, 1.82) is 0 Å². The molecule has 172 valence electrons. The molecule has 2 rings (SSSR count). The highest BCUT2D eigenvalue weighted by atomic mass is 16.7. The van der Waals surface area contributed by atoms with E-state index in [1.165, 1.54) is 13.8 Å². The molecule has 0 saturated carbocycles. The number of aliphatic hydroxyl groups is 3. The van der Waals surface area contributed by atoms with Gasteiger partial charge in [-0.25, -0.2) is 4.79 Å². The van der Waals surface area contributed by atoms with Gasteiger partial charge in [-0.1, -0.05) is 0 Å². The summed E-state index contributed by atoms with van der Waals surface area (Å²) >= 11 is 0. The van der Waals surface area contributed by atoms with Gasteiger partial charge in [-0.2, -0.15) is 0 Å². The van der Waals surface area contributed by atoms with Crippen LogP contribution in [0.1, 0.15) is 20.8 Å². The zero-order valence-electron chi connectivity index (χ0n) is 17.1. The quantitative estimate of drug-likeness (QED) is 0.230. The van der Waals surface area contributed by atoms with Gasteiger partial charge in [0.2, 0.25) is 11.8 Å². The fraction of sp³-hybridized carbons (Fsp3) is 0.824. The number of carbonyl (C=O) groups excluding carboxylic acids is 3. The van der Waals surface area contributed by atoms with Gasteiger partial charge in [-0.05, 0) is 6.92 Å². The summed E-state index contributed by atoms with van der Waals surface area (Å²) in [6.45, 7) is 3.98. The third-order valence-electron chi connectivity index (χ3n) is 5.00. The Morgan fingerprint density at radius 3 is 2.07 bits per heavy atom. The van der Waals surface area contributed by atoms with Gasteiger partial charge in [0.15, 0.2) is 18.7 Å². The number of hydrogen-bond donors (Lipinski definition) is 6. The summed E-state index contributed by atoms with van der Waals surface area (Å²) in [6.07, 6.45) is -9.73. The number of amides is 2. The minimum Gasteiger partial charge on any atom is -0.467 e. The molecule has 0 radical (unpaired) electrons. The minimum atomic E-state index is -1.71. The van der Waals surface area contributed by atoms with Crippen molar-refractivity contribution in [3.05, 3.63) is 0 Å². The van der Waals surface area contributed by atoms with Crippen LogP contribution in [0.15, 0.2) is 0 Å². The summed E-state index contributed by atoms with van der Waals surface area (Å²) in [7, 11) is 1.07. The van der Waals surface area contributed by atoms with Crippen molar-refractivity contribution >= 4 is 17.8 Å². The highest BCUT2D eigenvalue weighted by Gasteiger charge is 2.52. The largest absolute Gasteiger partial charge is 0.467 e. The molecular weight excluding hydrogens is 406 g/mol. The summed E-state index contributed by atoms with van der Waals surface area (Å²) in [4.78, 5) is 35.1. The van der Waals surface area contributed by atoms with Crippen molar-refractivity contribution in [2.24, 2.45) is 5.73 Å². The summed E-state index contributed by atoms with van der Waals surface area (Å²) in [5, 5.41) is 35.8. The van der Waals surface area contributed by atoms with Crippen LogP contribution in [0, 0.1) is 0 Å². The lowest BCUT2D eigenvalue weighted by Crippen LogP contribution is -2.70. The van der Waals surface area contributed by atoms with Crippen LogP contribution in [0.25, 0.3) is 0 Å². The van der Waals surface area contributed by atoms with E-state index in [0.29, 0.717) is 0 Å². The molecular formula is C17H29N3O10. The SMILES string of the molecule is COC(=O)[C@H]1O[C@H](O[C@H]2[C@H](N)[C@@H](C)O[C@H](O)[C@@H]2NC(C)=O)[C@H](NC(C)=O)[C@@H](O)[C@H]1O. The molecule has 2 aliphatic heterocycles. The van der Waals surface area contributed by atoms with Gasteiger partial charge >= 0.3 is 5.97 Å². The second-order valence-electron chi connectivity index (χ2n) is 7.29. The molecule has 2 saturated heterocycles. The van der Waals surface area contributed by atoms with E-state index in [1.54, 1.807) is 6.92 Å². The highest BCUT2D eigenvalue weighted by molar-refractivity contribution is 5.76. The molecule has 0 spiro atoms. The molecule has 0 unspecified atom stereocenters. The van der Waals surface area contributed by atoms with Crippen LogP contribution in [0.2, 0.25) is 0 Å². The Morgan fingerprint density at radius 2 is 1.53 bits per heavy atom. The Kier molecular flexibility index (Phi) is 8.10. The number of esters is 1. The Bertz CT molecular complexity index is 649. The van der Waals surface area contributed by atoms with Crippen LogP contribution in [-0.4, -0.2) is 101 Å². The number of carbonyl (C=O) groups is 3. The fourth-order valence-corrected chi connectivity index (χ4v) is 3.46. The third-order valence-corrected chi connectivity index (χ3v) is 5.00. The maximum Gasteiger partial charge on any atom is 0.337 e. The van der Waals surface area contributed by atoms with Crippen LogP contribution in [0.3, 0.4) is 0 Å². The summed E-state index contributed by atoms with van der Waals surface area (Å²) in [6, 6.07) is -3.28. The van der Waals surface area contributed by atoms with Crippen LogP contribution in [0.4, 0.5) is 0 Å². The Morgan fingerprint density at radius 1 is 0.967 bits per heavy atom. The van der Waals surface area contributed by atoms with E-state index >= 15 is 0 Å². The predicted molar refractivity (Wildman–Crippen MR) is 97.3 cm³/mol. The lowest BCUT2D eigenvalue weighted by molar-refractivity contribution is -0.301. The van der Waals surface area contributed by atoms with Gasteiger partial charge < -0.3 is 50.6 Å². The topological polar surface area (TPSA) is 199 Å². The molecule has 0 aliphatic carbocycles. The normalized spacial score (nSPS) is 41.6. The maximum atomic E-state index is 12.0. The number of ether oxygens (including phenoxy) is 4. The predicted octanol–water partition coefficient (Wildman–Crippen LogP) is -3.93. The van der Waals surface area contributed by atoms with Gasteiger partial charge in [-0.3, -0.25) is 9.59 Å². The number of nitrogens with one attached hydrogen (secondary N) is 2. The van der Waals surface area contributed by atoms with Crippen LogP contribution in [0.5, 0.6) is 0 Å². The van der Waals surface area contributed by atoms with E-state index in [1.807, 2.05) is 0 Å². The molecule has 2 fully saturated rings. The highest BCUT2D eigenvalue weighted by Crippen LogP contribution is 2.28. The van der Waals surface area contributed by atoms with E-state index < -0.39 is 79.0 Å². The molecule has 0 aromatic carbocycles. The number of nitrogens with two attached hydrogens (primary N) is 1. The first-order valence-electron chi connectivity index (χ1n) is 9.36. The van der Waals surface area contributed by atoms with Crippen molar-refractivity contribution in [2.45, 2.75) is 82.0 Å². The molecule has 7 N–H and O–H groups in total. The summed E-state index contributed by atoms with van der Waals surface area (Å²) in [5.74, 6) is -2.04. The first-order valence-corrected chi connectivity index (χ1v) is 9.36. The average Bonchev–Trinajstić information content (AvgIpc) is 2.66. The molecule has 10 atom stereocenters. The van der Waals surface area contributed by atoms with Crippen molar-refractivity contribution in [1.82, 2.24) is 10.6 Å². The zero-order valence-corrected chi connectivity index (χ0v) is 17.1. The van der Waals surface area contributed by atoms with Gasteiger partial charge in [-0.15, -0.1) is 0 Å². The Labute approximate surface area is 172 Å². The summed E-state index contributed by atoms with van der Waals surface area (Å²) < 4.78 is 21.2. The number of aliphatic hydroxyl groups excluding tert-OH is 3. The maximum absolute atomic E-state index is 12.0. The van der Waals surface area contributed by atoms with Gasteiger partial charge in [0.05, 0.1) is 19.3 Å². The molecule has 0 bridgehead atoms. The minimum absolute atomic E-state index is 0.496. The Hall–Kier alpha value is -1.87. The van der Waals surface area contributed by atoms with Crippen LogP contribution >= 0.6 is 0 Å². The van der Waals surface area contributed by atoms with Crippen LogP contribution < -0.4 is 16.4 Å². The van der Waals surface area contributed by atoms with E-state index in [9.17, 15) is 29.7 Å². The number of methoxy groups -OCH3 is 1. The number of rotatable bonds is 5. The smallest absolute Gasteiger partial charge is 0.337 e. The van der Waals surface area contributed by atoms with Gasteiger partial charge in [0.1, 0.15) is 30.4 Å². The zero-order chi connectivity index (χ0) is 22.7.